The Labute approximate surface area is 134 Å². The van der Waals surface area contributed by atoms with Crippen LogP contribution in [0.2, 0.25) is 0 Å². The monoisotopic (exact) mass is 307 g/mol. The van der Waals surface area contributed by atoms with E-state index in [0.29, 0.717) is 12.2 Å². The normalized spacial score (nSPS) is 10.5. The Balaban J connectivity index is 1.85. The van der Waals surface area contributed by atoms with E-state index in [1.807, 2.05) is 50.2 Å². The van der Waals surface area contributed by atoms with Gasteiger partial charge in [0, 0.05) is 24.0 Å². The van der Waals surface area contributed by atoms with Gasteiger partial charge in [0.1, 0.15) is 0 Å². The second-order valence-corrected chi connectivity index (χ2v) is 5.09. The molecule has 3 rings (SSSR count). The lowest BCUT2D eigenvalue weighted by molar-refractivity contribution is 0.102. The summed E-state index contributed by atoms with van der Waals surface area (Å²) in [6.45, 7) is 4.55. The molecule has 0 saturated heterocycles. The van der Waals surface area contributed by atoms with Gasteiger partial charge in [-0.05, 0) is 26.0 Å². The van der Waals surface area contributed by atoms with Crippen molar-refractivity contribution in [1.29, 1.82) is 0 Å². The predicted octanol–water partition coefficient (Wildman–Crippen LogP) is 2.92. The van der Waals surface area contributed by atoms with Crippen molar-refractivity contribution in [3.05, 3.63) is 60.0 Å². The molecule has 1 amide bonds. The van der Waals surface area contributed by atoms with Gasteiger partial charge in [-0.15, -0.1) is 0 Å². The van der Waals surface area contributed by atoms with Crippen molar-refractivity contribution in [2.45, 2.75) is 20.4 Å². The van der Waals surface area contributed by atoms with Gasteiger partial charge in [0.05, 0.1) is 5.69 Å². The quantitative estimate of drug-likeness (QED) is 0.804. The molecule has 116 valence electrons. The van der Waals surface area contributed by atoms with Crippen LogP contribution in [0.25, 0.3) is 11.3 Å². The molecule has 0 saturated carbocycles. The van der Waals surface area contributed by atoms with Gasteiger partial charge in [-0.25, -0.2) is 9.97 Å². The molecule has 0 aliphatic carbocycles. The van der Waals surface area contributed by atoms with Gasteiger partial charge in [0.15, 0.2) is 5.69 Å². The van der Waals surface area contributed by atoms with Crippen molar-refractivity contribution in [3.63, 3.8) is 0 Å². The van der Waals surface area contributed by atoms with Gasteiger partial charge in [-0.3, -0.25) is 14.8 Å². The molecule has 0 bridgehead atoms. The number of aryl methyl sites for hydroxylation is 2. The first-order valence-corrected chi connectivity index (χ1v) is 7.41. The van der Waals surface area contributed by atoms with Gasteiger partial charge in [-0.1, -0.05) is 30.3 Å². The Hall–Kier alpha value is -3.02. The van der Waals surface area contributed by atoms with Gasteiger partial charge < -0.3 is 0 Å². The Bertz CT molecular complexity index is 826. The average Bonchev–Trinajstić information content (AvgIpc) is 3.04. The molecule has 23 heavy (non-hydrogen) atoms. The number of benzene rings is 1. The second kappa shape index (κ2) is 6.39. The third kappa shape index (κ3) is 3.42. The summed E-state index contributed by atoms with van der Waals surface area (Å²) < 4.78 is 1.70. The highest BCUT2D eigenvalue weighted by atomic mass is 16.2. The van der Waals surface area contributed by atoms with Crippen LogP contribution in [0.5, 0.6) is 0 Å². The molecule has 0 radical (unpaired) electrons. The molecule has 6 nitrogen and oxygen atoms in total. The smallest absolute Gasteiger partial charge is 0.278 e. The highest BCUT2D eigenvalue weighted by Gasteiger charge is 2.12. The van der Waals surface area contributed by atoms with Crippen LogP contribution in [-0.4, -0.2) is 25.7 Å². The van der Waals surface area contributed by atoms with Crippen LogP contribution in [0.15, 0.2) is 48.7 Å². The first-order valence-electron chi connectivity index (χ1n) is 7.41. The Morgan fingerprint density at radius 2 is 1.96 bits per heavy atom. The van der Waals surface area contributed by atoms with Crippen LogP contribution in [0, 0.1) is 6.92 Å². The number of aromatic nitrogens is 4. The van der Waals surface area contributed by atoms with E-state index in [1.165, 1.54) is 0 Å². The van der Waals surface area contributed by atoms with E-state index >= 15 is 0 Å². The highest BCUT2D eigenvalue weighted by Crippen LogP contribution is 2.18. The summed E-state index contributed by atoms with van der Waals surface area (Å²) in [6, 6.07) is 13.3. The molecule has 0 aliphatic rings. The predicted molar refractivity (Wildman–Crippen MR) is 88.1 cm³/mol. The van der Waals surface area contributed by atoms with Crippen molar-refractivity contribution >= 4 is 11.9 Å². The third-order valence-corrected chi connectivity index (χ3v) is 3.35. The lowest BCUT2D eigenvalue weighted by Crippen LogP contribution is -2.16. The first-order chi connectivity index (χ1) is 11.2. The van der Waals surface area contributed by atoms with E-state index in [0.717, 1.165) is 17.0 Å². The van der Waals surface area contributed by atoms with Gasteiger partial charge in [-0.2, -0.15) is 5.10 Å². The summed E-state index contributed by atoms with van der Waals surface area (Å²) in [5.41, 5.74) is 2.88. The highest BCUT2D eigenvalue weighted by molar-refractivity contribution is 6.01. The minimum absolute atomic E-state index is 0.278. The number of nitrogens with one attached hydrogen (secondary N) is 1. The zero-order chi connectivity index (χ0) is 16.2. The topological polar surface area (TPSA) is 72.7 Å². The Morgan fingerprint density at radius 1 is 1.17 bits per heavy atom. The number of rotatable bonds is 4. The average molecular weight is 307 g/mol. The number of carbonyl (C=O) groups excluding carboxylic acids is 1. The van der Waals surface area contributed by atoms with E-state index in [2.05, 4.69) is 20.4 Å². The van der Waals surface area contributed by atoms with Gasteiger partial charge >= 0.3 is 0 Å². The lowest BCUT2D eigenvalue weighted by atomic mass is 10.1. The molecule has 0 spiro atoms. The Kier molecular flexibility index (Phi) is 4.14. The molecule has 3 aromatic rings. The van der Waals surface area contributed by atoms with Crippen molar-refractivity contribution < 1.29 is 4.79 Å². The molecule has 2 aromatic heterocycles. The molecule has 0 aliphatic heterocycles. The summed E-state index contributed by atoms with van der Waals surface area (Å²) >= 11 is 0. The molecular formula is C17H17N5O. The maximum absolute atomic E-state index is 12.2. The van der Waals surface area contributed by atoms with Crippen molar-refractivity contribution in [3.8, 4) is 11.3 Å². The SMILES string of the molecule is CCn1ccc(C(=O)Nc2nc(C)cc(-c3ccccc3)n2)n1. The van der Waals surface area contributed by atoms with E-state index in [9.17, 15) is 4.79 Å². The zero-order valence-corrected chi connectivity index (χ0v) is 13.0. The lowest BCUT2D eigenvalue weighted by Gasteiger charge is -2.06. The molecule has 1 aromatic carbocycles. The molecule has 2 heterocycles. The summed E-state index contributed by atoms with van der Waals surface area (Å²) in [6.07, 6.45) is 1.77. The maximum atomic E-state index is 12.2. The number of hydrogen-bond acceptors (Lipinski definition) is 4. The van der Waals surface area contributed by atoms with E-state index in [-0.39, 0.29) is 11.9 Å². The van der Waals surface area contributed by atoms with E-state index in [1.54, 1.807) is 16.9 Å². The van der Waals surface area contributed by atoms with E-state index in [4.69, 9.17) is 0 Å². The van der Waals surface area contributed by atoms with Gasteiger partial charge in [0.25, 0.3) is 5.91 Å². The van der Waals surface area contributed by atoms with Crippen molar-refractivity contribution in [2.24, 2.45) is 0 Å². The number of nitrogens with zero attached hydrogens (tertiary/aromatic N) is 4. The number of amides is 1. The minimum Gasteiger partial charge on any atom is -0.289 e. The van der Waals surface area contributed by atoms with Crippen LogP contribution in [0.3, 0.4) is 0 Å². The molecule has 6 heteroatoms. The summed E-state index contributed by atoms with van der Waals surface area (Å²) in [4.78, 5) is 20.9. The zero-order valence-electron chi connectivity index (χ0n) is 13.0. The second-order valence-electron chi connectivity index (χ2n) is 5.09. The molecule has 0 fully saturated rings. The van der Waals surface area contributed by atoms with Crippen LogP contribution in [0.4, 0.5) is 5.95 Å². The van der Waals surface area contributed by atoms with E-state index < -0.39 is 0 Å². The van der Waals surface area contributed by atoms with Crippen LogP contribution < -0.4 is 5.32 Å². The first kappa shape index (κ1) is 14.9. The minimum atomic E-state index is -0.318. The summed E-state index contributed by atoms with van der Waals surface area (Å²) in [5.74, 6) is -0.0401. The van der Waals surface area contributed by atoms with Crippen LogP contribution in [-0.2, 0) is 6.54 Å². The van der Waals surface area contributed by atoms with Crippen molar-refractivity contribution in [1.82, 2.24) is 19.7 Å². The number of anilines is 1. The summed E-state index contributed by atoms with van der Waals surface area (Å²) in [5, 5.41) is 6.89. The fourth-order valence-corrected chi connectivity index (χ4v) is 2.21. The number of hydrogen-bond donors (Lipinski definition) is 1. The maximum Gasteiger partial charge on any atom is 0.278 e. The third-order valence-electron chi connectivity index (χ3n) is 3.35. The largest absolute Gasteiger partial charge is 0.289 e. The fraction of sp³-hybridized carbons (Fsp3) is 0.176. The molecule has 0 unspecified atom stereocenters. The number of carbonyl (C=O) groups is 1. The van der Waals surface area contributed by atoms with Crippen LogP contribution >= 0.6 is 0 Å². The van der Waals surface area contributed by atoms with Crippen molar-refractivity contribution in [2.75, 3.05) is 5.32 Å². The molecule has 1 N–H and O–H groups in total. The molecular weight excluding hydrogens is 290 g/mol. The van der Waals surface area contributed by atoms with Crippen LogP contribution in [0.1, 0.15) is 23.1 Å². The standard InChI is InChI=1S/C17H17N5O/c1-3-22-10-9-14(21-22)16(23)20-17-18-12(2)11-15(19-17)13-7-5-4-6-8-13/h4-11H,3H2,1-2H3,(H,18,19,20,23). The molecule has 0 atom stereocenters. The summed E-state index contributed by atoms with van der Waals surface area (Å²) in [7, 11) is 0. The van der Waals surface area contributed by atoms with Gasteiger partial charge in [0.2, 0.25) is 5.95 Å². The Morgan fingerprint density at radius 3 is 2.65 bits per heavy atom. The fourth-order valence-electron chi connectivity index (χ4n) is 2.21.